The number of amides is 1. The van der Waals surface area contributed by atoms with Crippen LogP contribution in [0.1, 0.15) is 12.5 Å². The standard InChI is InChI=1S/C12H13IN2O2S/c1-8(14)10(11(13)18)15-12(16)17-7-9-5-3-2-4-6-9/h2-6H,7,14H2,1H3,(H,15,16). The first-order chi connectivity index (χ1) is 8.50. The Balaban J connectivity index is 2.52. The molecule has 0 radical (unpaired) electrons. The molecule has 0 spiro atoms. The van der Waals surface area contributed by atoms with Gasteiger partial charge < -0.3 is 10.5 Å². The molecule has 0 aliphatic rings. The molecular weight excluding hydrogens is 363 g/mol. The third kappa shape index (κ3) is 5.01. The van der Waals surface area contributed by atoms with E-state index in [0.29, 0.717) is 14.3 Å². The number of nitrogens with two attached hydrogens (primary N) is 1. The van der Waals surface area contributed by atoms with Crippen molar-refractivity contribution < 1.29 is 9.53 Å². The minimum atomic E-state index is -0.572. The average Bonchev–Trinajstić information content (AvgIpc) is 2.34. The van der Waals surface area contributed by atoms with Gasteiger partial charge in [-0.25, -0.2) is 4.79 Å². The fourth-order valence-electron chi connectivity index (χ4n) is 1.16. The molecule has 1 aromatic carbocycles. The van der Waals surface area contributed by atoms with Gasteiger partial charge in [-0.05, 0) is 35.1 Å². The highest BCUT2D eigenvalue weighted by Gasteiger charge is 2.10. The number of hydrogen-bond donors (Lipinski definition) is 2. The zero-order valence-electron chi connectivity index (χ0n) is 9.77. The molecule has 18 heavy (non-hydrogen) atoms. The molecule has 0 unspecified atom stereocenters. The zero-order chi connectivity index (χ0) is 13.5. The Hall–Kier alpha value is -1.15. The van der Waals surface area contributed by atoms with Gasteiger partial charge in [-0.2, -0.15) is 0 Å². The molecule has 0 saturated carbocycles. The molecular formula is C12H13IN2O2S. The number of benzene rings is 1. The number of halogens is 1. The minimum Gasteiger partial charge on any atom is -0.444 e. The molecule has 0 aliphatic carbocycles. The molecule has 0 bridgehead atoms. The van der Waals surface area contributed by atoms with Crippen molar-refractivity contribution in [1.29, 1.82) is 0 Å². The van der Waals surface area contributed by atoms with Crippen molar-refractivity contribution in [3.63, 3.8) is 0 Å². The monoisotopic (exact) mass is 376 g/mol. The maximum absolute atomic E-state index is 11.5. The van der Waals surface area contributed by atoms with Crippen LogP contribution < -0.4 is 11.1 Å². The quantitative estimate of drug-likeness (QED) is 0.367. The van der Waals surface area contributed by atoms with Crippen LogP contribution in [0.15, 0.2) is 41.7 Å². The van der Waals surface area contributed by atoms with Crippen molar-refractivity contribution in [3.05, 3.63) is 47.3 Å². The van der Waals surface area contributed by atoms with Crippen LogP contribution in [0.5, 0.6) is 0 Å². The van der Waals surface area contributed by atoms with Crippen molar-refractivity contribution >= 4 is 43.8 Å². The SMILES string of the molecule is CC(N)=C(NC(=O)OCc1ccccc1)C(=S)I. The Bertz CT molecular complexity index is 470. The normalized spacial score (nSPS) is 11.4. The van der Waals surface area contributed by atoms with Crippen molar-refractivity contribution in [3.8, 4) is 0 Å². The van der Waals surface area contributed by atoms with Gasteiger partial charge in [0.15, 0.2) is 0 Å². The highest BCUT2D eigenvalue weighted by atomic mass is 127. The van der Waals surface area contributed by atoms with E-state index in [4.69, 9.17) is 22.7 Å². The fraction of sp³-hybridized carbons (Fsp3) is 0.167. The number of thiocarbonyl (C=S) groups is 1. The van der Waals surface area contributed by atoms with Crippen LogP contribution >= 0.6 is 34.8 Å². The van der Waals surface area contributed by atoms with E-state index >= 15 is 0 Å². The summed E-state index contributed by atoms with van der Waals surface area (Å²) in [6.07, 6.45) is -0.572. The van der Waals surface area contributed by atoms with Crippen molar-refractivity contribution in [2.24, 2.45) is 5.73 Å². The molecule has 0 saturated heterocycles. The van der Waals surface area contributed by atoms with Gasteiger partial charge in [0.25, 0.3) is 0 Å². The van der Waals surface area contributed by atoms with Gasteiger partial charge in [-0.15, -0.1) is 0 Å². The lowest BCUT2D eigenvalue weighted by Gasteiger charge is -2.10. The Morgan fingerprint density at radius 2 is 2.06 bits per heavy atom. The molecule has 0 heterocycles. The van der Waals surface area contributed by atoms with Gasteiger partial charge >= 0.3 is 6.09 Å². The fourth-order valence-corrected chi connectivity index (χ4v) is 1.94. The first-order valence-corrected chi connectivity index (χ1v) is 6.63. The summed E-state index contributed by atoms with van der Waals surface area (Å²) in [5, 5.41) is 2.53. The van der Waals surface area contributed by atoms with Gasteiger partial charge in [0.1, 0.15) is 9.48 Å². The van der Waals surface area contributed by atoms with Crippen molar-refractivity contribution in [2.75, 3.05) is 0 Å². The molecule has 0 aliphatic heterocycles. The zero-order valence-corrected chi connectivity index (χ0v) is 12.7. The molecule has 3 N–H and O–H groups in total. The molecule has 1 amide bonds. The number of carbonyl (C=O) groups is 1. The summed E-state index contributed by atoms with van der Waals surface area (Å²) in [7, 11) is 0. The molecule has 0 fully saturated rings. The number of alkyl carbamates (subject to hydrolysis) is 1. The van der Waals surface area contributed by atoms with Crippen LogP contribution in [0.4, 0.5) is 4.79 Å². The summed E-state index contributed by atoms with van der Waals surface area (Å²) in [6, 6.07) is 9.41. The first kappa shape index (κ1) is 14.9. The van der Waals surface area contributed by atoms with Crippen LogP contribution in [0.3, 0.4) is 0 Å². The minimum absolute atomic E-state index is 0.206. The summed E-state index contributed by atoms with van der Waals surface area (Å²) in [5.74, 6) is 0. The van der Waals surface area contributed by atoms with Gasteiger partial charge in [0, 0.05) is 5.70 Å². The summed E-state index contributed by atoms with van der Waals surface area (Å²) in [4.78, 5) is 11.5. The van der Waals surface area contributed by atoms with E-state index in [9.17, 15) is 4.79 Å². The lowest BCUT2D eigenvalue weighted by Crippen LogP contribution is -2.28. The van der Waals surface area contributed by atoms with Gasteiger partial charge in [0.05, 0.1) is 5.70 Å². The number of ether oxygens (including phenoxy) is 1. The van der Waals surface area contributed by atoms with E-state index in [2.05, 4.69) is 5.32 Å². The van der Waals surface area contributed by atoms with E-state index in [-0.39, 0.29) is 6.61 Å². The molecule has 4 nitrogen and oxygen atoms in total. The molecule has 0 aromatic heterocycles. The Morgan fingerprint density at radius 3 is 2.56 bits per heavy atom. The smallest absolute Gasteiger partial charge is 0.412 e. The maximum atomic E-state index is 11.5. The van der Waals surface area contributed by atoms with Crippen molar-refractivity contribution in [2.45, 2.75) is 13.5 Å². The number of carbonyl (C=O) groups excluding carboxylic acids is 1. The van der Waals surface area contributed by atoms with Crippen LogP contribution in [0.2, 0.25) is 0 Å². The second-order valence-electron chi connectivity index (χ2n) is 3.52. The number of allylic oxidation sites excluding steroid dienone is 2. The summed E-state index contributed by atoms with van der Waals surface area (Å²) in [6.45, 7) is 1.87. The van der Waals surface area contributed by atoms with Gasteiger partial charge in [-0.3, -0.25) is 5.32 Å². The summed E-state index contributed by atoms with van der Waals surface area (Å²) < 4.78 is 5.55. The highest BCUT2D eigenvalue weighted by molar-refractivity contribution is 14.1. The third-order valence-electron chi connectivity index (χ3n) is 2.03. The Kier molecular flexibility index (Phi) is 6.06. The Labute approximate surface area is 125 Å². The predicted molar refractivity (Wildman–Crippen MR) is 83.3 cm³/mol. The lowest BCUT2D eigenvalue weighted by atomic mass is 10.2. The van der Waals surface area contributed by atoms with E-state index < -0.39 is 6.09 Å². The second kappa shape index (κ2) is 7.32. The molecule has 6 heteroatoms. The van der Waals surface area contributed by atoms with Gasteiger partial charge in [0.2, 0.25) is 0 Å². The molecule has 96 valence electrons. The number of rotatable bonds is 4. The third-order valence-corrected chi connectivity index (χ3v) is 2.77. The van der Waals surface area contributed by atoms with Crippen LogP contribution in [0, 0.1) is 0 Å². The summed E-state index contributed by atoms with van der Waals surface area (Å²) >= 11 is 6.88. The highest BCUT2D eigenvalue weighted by Crippen LogP contribution is 2.06. The van der Waals surface area contributed by atoms with Crippen LogP contribution in [-0.4, -0.2) is 8.96 Å². The van der Waals surface area contributed by atoms with Crippen LogP contribution in [0.25, 0.3) is 0 Å². The van der Waals surface area contributed by atoms with Crippen molar-refractivity contribution in [1.82, 2.24) is 5.32 Å². The van der Waals surface area contributed by atoms with Gasteiger partial charge in [-0.1, -0.05) is 42.5 Å². The number of hydrogen-bond acceptors (Lipinski definition) is 4. The molecule has 1 rings (SSSR count). The second-order valence-corrected chi connectivity index (χ2v) is 5.74. The molecule has 1 aromatic rings. The van der Waals surface area contributed by atoms with E-state index in [1.54, 1.807) is 6.92 Å². The average molecular weight is 376 g/mol. The maximum Gasteiger partial charge on any atom is 0.412 e. The van der Waals surface area contributed by atoms with E-state index in [1.807, 2.05) is 52.9 Å². The van der Waals surface area contributed by atoms with Crippen LogP contribution in [-0.2, 0) is 11.3 Å². The van der Waals surface area contributed by atoms with E-state index in [0.717, 1.165) is 5.56 Å². The largest absolute Gasteiger partial charge is 0.444 e. The summed E-state index contributed by atoms with van der Waals surface area (Å²) in [5.41, 5.74) is 7.40. The molecule has 0 atom stereocenters. The lowest BCUT2D eigenvalue weighted by molar-refractivity contribution is 0.143. The predicted octanol–water partition coefficient (Wildman–Crippen LogP) is 2.87. The topological polar surface area (TPSA) is 64.3 Å². The number of nitrogens with one attached hydrogen (secondary N) is 1. The van der Waals surface area contributed by atoms with E-state index in [1.165, 1.54) is 0 Å². The first-order valence-electron chi connectivity index (χ1n) is 5.14. The Morgan fingerprint density at radius 1 is 1.44 bits per heavy atom.